The number of aromatic nitrogens is 1. The standard InChI is InChI=1S/C39H52N2O8S/c1-6-8-13-28-20-35(44)48-18-11-9-10-12-26-14-15-27-16-17-40-36(31(27)19-26)49-30-21-32(41(24-30)37(28)45)33(42)23-39(22-29(39)7-2)34(43)25-50(46,47)38(3,4)5/h7,14-17,19,28-30,32H,2,6,8-13,18,20-25H2,1,3-5H3/t28-,29?,30-,32+,39-/m1/s1. The van der Waals surface area contributed by atoms with Gasteiger partial charge in [0.1, 0.15) is 11.9 Å². The van der Waals surface area contributed by atoms with Crippen LogP contribution in [0.3, 0.4) is 0 Å². The van der Waals surface area contributed by atoms with E-state index in [0.717, 1.165) is 54.9 Å². The Labute approximate surface area is 296 Å². The molecule has 1 saturated carbocycles. The number of ketones is 2. The minimum atomic E-state index is -3.78. The van der Waals surface area contributed by atoms with Gasteiger partial charge in [0.25, 0.3) is 0 Å². The molecule has 11 heteroatoms. The number of unbranched alkanes of at least 4 members (excludes halogenated alkanes) is 1. The van der Waals surface area contributed by atoms with Crippen LogP contribution in [0.15, 0.2) is 43.1 Å². The molecular formula is C39H52N2O8S. The van der Waals surface area contributed by atoms with Crippen LogP contribution in [0, 0.1) is 17.3 Å². The summed E-state index contributed by atoms with van der Waals surface area (Å²) in [6.45, 7) is 10.9. The van der Waals surface area contributed by atoms with E-state index in [0.29, 0.717) is 18.7 Å². The van der Waals surface area contributed by atoms with Gasteiger partial charge in [0.05, 0.1) is 30.4 Å². The lowest BCUT2D eigenvalue weighted by molar-refractivity contribution is -0.150. The summed E-state index contributed by atoms with van der Waals surface area (Å²) in [5.74, 6) is -2.83. The van der Waals surface area contributed by atoms with E-state index in [1.165, 1.54) is 4.90 Å². The van der Waals surface area contributed by atoms with Crippen molar-refractivity contribution in [3.63, 3.8) is 0 Å². The summed E-state index contributed by atoms with van der Waals surface area (Å²) in [7, 11) is -3.78. The highest BCUT2D eigenvalue weighted by Gasteiger charge is 2.60. The van der Waals surface area contributed by atoms with Crippen LogP contribution in [-0.2, 0) is 40.2 Å². The third-order valence-corrected chi connectivity index (χ3v) is 13.3. The maximum atomic E-state index is 14.4. The molecule has 0 spiro atoms. The highest BCUT2D eigenvalue weighted by molar-refractivity contribution is 7.93. The molecular weight excluding hydrogens is 657 g/mol. The number of benzene rings is 1. The number of rotatable bonds is 10. The first-order chi connectivity index (χ1) is 23.7. The van der Waals surface area contributed by atoms with Gasteiger partial charge in [-0.3, -0.25) is 19.2 Å². The quantitative estimate of drug-likeness (QED) is 0.216. The molecule has 2 fully saturated rings. The topological polar surface area (TPSA) is 137 Å². The molecule has 1 aromatic heterocycles. The minimum absolute atomic E-state index is 0.0845. The summed E-state index contributed by atoms with van der Waals surface area (Å²) in [6, 6.07) is 7.20. The lowest BCUT2D eigenvalue weighted by Gasteiger charge is -2.29. The Kier molecular flexibility index (Phi) is 11.5. The highest BCUT2D eigenvalue weighted by Crippen LogP contribution is 2.57. The second-order valence-electron chi connectivity index (χ2n) is 15.4. The van der Waals surface area contributed by atoms with Gasteiger partial charge in [-0.25, -0.2) is 13.4 Å². The third kappa shape index (κ3) is 8.30. The number of cyclic esters (lactones) is 1. The zero-order chi connectivity index (χ0) is 36.3. The van der Waals surface area contributed by atoms with Crippen LogP contribution in [0.5, 0.6) is 5.88 Å². The number of esters is 1. The molecule has 5 rings (SSSR count). The molecule has 1 aromatic carbocycles. The second kappa shape index (κ2) is 15.3. The number of Topliss-reactive ketones (excluding diaryl/α,β-unsaturated/α-hetero) is 2. The molecule has 2 aliphatic heterocycles. The number of carbonyl (C=O) groups excluding carboxylic acids is 4. The fourth-order valence-corrected chi connectivity index (χ4v) is 8.37. The lowest BCUT2D eigenvalue weighted by atomic mass is 9.88. The third-order valence-electron chi connectivity index (χ3n) is 10.7. The van der Waals surface area contributed by atoms with Gasteiger partial charge in [-0.2, -0.15) is 0 Å². The van der Waals surface area contributed by atoms with E-state index in [-0.39, 0.29) is 50.0 Å². The molecule has 1 aliphatic carbocycles. The maximum absolute atomic E-state index is 14.4. The minimum Gasteiger partial charge on any atom is -0.472 e. The molecule has 10 nitrogen and oxygen atoms in total. The van der Waals surface area contributed by atoms with Gasteiger partial charge < -0.3 is 14.4 Å². The number of fused-ring (bicyclic) bond motifs is 3. The molecule has 3 heterocycles. The van der Waals surface area contributed by atoms with Crippen molar-refractivity contribution in [1.82, 2.24) is 9.88 Å². The maximum Gasteiger partial charge on any atom is 0.306 e. The van der Waals surface area contributed by atoms with Crippen LogP contribution in [0.2, 0.25) is 0 Å². The number of allylic oxidation sites excluding steroid dienone is 1. The SMILES string of the molecule is C=CC1C[C@]1(CC(=O)[C@@H]1C[C@@H]2CN1C(=O)[C@H](CCCC)CC(=O)OCCCCCc1ccc3ccnc(c3c1)O2)C(=O)CS(=O)(=O)C(C)(C)C. The molecule has 1 unspecified atom stereocenters. The predicted octanol–water partition coefficient (Wildman–Crippen LogP) is 5.98. The average Bonchev–Trinajstić information content (AvgIpc) is 3.62. The molecule has 0 radical (unpaired) electrons. The molecule has 1 amide bonds. The van der Waals surface area contributed by atoms with E-state index in [2.05, 4.69) is 23.7 Å². The largest absolute Gasteiger partial charge is 0.472 e. The molecule has 50 heavy (non-hydrogen) atoms. The van der Waals surface area contributed by atoms with Crippen LogP contribution < -0.4 is 4.74 Å². The van der Waals surface area contributed by atoms with Gasteiger partial charge in [-0.15, -0.1) is 6.58 Å². The first-order valence-electron chi connectivity index (χ1n) is 18.1. The molecule has 3 aliphatic rings. The van der Waals surface area contributed by atoms with Gasteiger partial charge in [-0.1, -0.05) is 38.0 Å². The van der Waals surface area contributed by atoms with Gasteiger partial charge in [0, 0.05) is 35.8 Å². The Hall–Kier alpha value is -3.60. The Bertz CT molecular complexity index is 1730. The highest BCUT2D eigenvalue weighted by atomic mass is 32.2. The summed E-state index contributed by atoms with van der Waals surface area (Å²) in [5.41, 5.74) is -0.0519. The Morgan fingerprint density at radius 1 is 1.14 bits per heavy atom. The summed E-state index contributed by atoms with van der Waals surface area (Å²) >= 11 is 0. The zero-order valence-electron chi connectivity index (χ0n) is 29.9. The molecule has 0 N–H and O–H groups in total. The first kappa shape index (κ1) is 37.7. The van der Waals surface area contributed by atoms with Crippen molar-refractivity contribution in [1.29, 1.82) is 0 Å². The predicted molar refractivity (Wildman–Crippen MR) is 191 cm³/mol. The van der Waals surface area contributed by atoms with Crippen molar-refractivity contribution < 1.29 is 37.1 Å². The van der Waals surface area contributed by atoms with Crippen molar-refractivity contribution in [3.05, 3.63) is 48.7 Å². The Morgan fingerprint density at radius 3 is 2.62 bits per heavy atom. The average molecular weight is 709 g/mol. The Balaban J connectivity index is 1.47. The fourth-order valence-electron chi connectivity index (χ4n) is 7.31. The van der Waals surface area contributed by atoms with Crippen LogP contribution in [-0.4, -0.2) is 77.5 Å². The second-order valence-corrected chi connectivity index (χ2v) is 18.1. The Morgan fingerprint density at radius 2 is 1.92 bits per heavy atom. The van der Waals surface area contributed by atoms with Crippen molar-refractivity contribution in [2.75, 3.05) is 18.9 Å². The van der Waals surface area contributed by atoms with Crippen molar-refractivity contribution >= 4 is 44.1 Å². The first-order valence-corrected chi connectivity index (χ1v) is 19.8. The number of nitrogens with zero attached hydrogens (tertiary/aromatic N) is 2. The van der Waals surface area contributed by atoms with E-state index in [4.69, 9.17) is 9.47 Å². The summed E-state index contributed by atoms with van der Waals surface area (Å²) in [6.07, 6.45) is 8.33. The number of pyridine rings is 1. The number of amides is 1. The van der Waals surface area contributed by atoms with Crippen LogP contribution in [0.1, 0.15) is 97.5 Å². The van der Waals surface area contributed by atoms with E-state index < -0.39 is 55.6 Å². The number of aryl methyl sites for hydroxylation is 1. The summed E-state index contributed by atoms with van der Waals surface area (Å²) in [4.78, 5) is 61.5. The lowest BCUT2D eigenvalue weighted by Crippen LogP contribution is -2.45. The smallest absolute Gasteiger partial charge is 0.306 e. The van der Waals surface area contributed by atoms with Crippen molar-refractivity contribution in [2.45, 2.75) is 115 Å². The van der Waals surface area contributed by atoms with Crippen molar-refractivity contribution in [3.8, 4) is 5.88 Å². The number of carbonyl (C=O) groups is 4. The summed E-state index contributed by atoms with van der Waals surface area (Å²) in [5, 5.41) is 1.82. The van der Waals surface area contributed by atoms with Crippen LogP contribution in [0.4, 0.5) is 0 Å². The molecule has 5 atom stereocenters. The molecule has 1 saturated heterocycles. The van der Waals surface area contributed by atoms with E-state index in [1.54, 1.807) is 33.0 Å². The molecule has 2 aromatic rings. The van der Waals surface area contributed by atoms with Gasteiger partial charge >= 0.3 is 5.97 Å². The zero-order valence-corrected chi connectivity index (χ0v) is 30.8. The monoisotopic (exact) mass is 708 g/mol. The van der Waals surface area contributed by atoms with Crippen molar-refractivity contribution in [2.24, 2.45) is 17.3 Å². The normalized spacial score (nSPS) is 26.5. The van der Waals surface area contributed by atoms with E-state index in [1.807, 2.05) is 19.1 Å². The van der Waals surface area contributed by atoms with Crippen LogP contribution >= 0.6 is 0 Å². The summed E-state index contributed by atoms with van der Waals surface area (Å²) < 4.78 is 37.0. The van der Waals surface area contributed by atoms with Crippen LogP contribution in [0.25, 0.3) is 10.8 Å². The van der Waals surface area contributed by atoms with Gasteiger partial charge in [0.2, 0.25) is 11.8 Å². The van der Waals surface area contributed by atoms with Gasteiger partial charge in [-0.05, 0) is 88.3 Å². The van der Waals surface area contributed by atoms with Gasteiger partial charge in [0.15, 0.2) is 21.4 Å². The number of hydrogen-bond donors (Lipinski definition) is 0. The van der Waals surface area contributed by atoms with E-state index >= 15 is 0 Å². The number of hydrogen-bond acceptors (Lipinski definition) is 9. The fraction of sp³-hybridized carbons (Fsp3) is 0.615. The number of sulfone groups is 1. The molecule has 272 valence electrons. The molecule has 4 bridgehead atoms. The number of ether oxygens (including phenoxy) is 2. The van der Waals surface area contributed by atoms with E-state index in [9.17, 15) is 27.6 Å².